The molecule has 0 aliphatic rings. The molecule has 1 amide bonds. The zero-order chi connectivity index (χ0) is 13.4. The molecule has 0 saturated heterocycles. The SMILES string of the molecule is CNC(=O)C(C)(C)CNCCOc1ccccc1. The van der Waals surface area contributed by atoms with Crippen LogP contribution in [-0.4, -0.2) is 32.7 Å². The van der Waals surface area contributed by atoms with E-state index in [0.717, 1.165) is 12.3 Å². The maximum atomic E-state index is 11.5. The van der Waals surface area contributed by atoms with Gasteiger partial charge in [0.25, 0.3) is 0 Å². The van der Waals surface area contributed by atoms with Crippen LogP contribution in [0.25, 0.3) is 0 Å². The Morgan fingerprint density at radius 2 is 1.94 bits per heavy atom. The predicted molar refractivity (Wildman–Crippen MR) is 72.7 cm³/mol. The number of para-hydroxylation sites is 1. The predicted octanol–water partition coefficient (Wildman–Crippen LogP) is 1.43. The Morgan fingerprint density at radius 3 is 2.56 bits per heavy atom. The fourth-order valence-electron chi connectivity index (χ4n) is 1.58. The lowest BCUT2D eigenvalue weighted by Crippen LogP contribution is -2.42. The van der Waals surface area contributed by atoms with Crippen molar-refractivity contribution in [2.45, 2.75) is 13.8 Å². The van der Waals surface area contributed by atoms with Gasteiger partial charge in [-0.1, -0.05) is 18.2 Å². The molecule has 0 aromatic heterocycles. The van der Waals surface area contributed by atoms with Gasteiger partial charge in [0.05, 0.1) is 5.41 Å². The zero-order valence-corrected chi connectivity index (χ0v) is 11.3. The minimum Gasteiger partial charge on any atom is -0.492 e. The van der Waals surface area contributed by atoms with Crippen LogP contribution in [-0.2, 0) is 4.79 Å². The first-order chi connectivity index (χ1) is 8.56. The van der Waals surface area contributed by atoms with Crippen molar-refractivity contribution in [1.29, 1.82) is 0 Å². The van der Waals surface area contributed by atoms with Gasteiger partial charge in [0.1, 0.15) is 12.4 Å². The summed E-state index contributed by atoms with van der Waals surface area (Å²) < 4.78 is 5.54. The van der Waals surface area contributed by atoms with Gasteiger partial charge in [-0.2, -0.15) is 0 Å². The Hall–Kier alpha value is -1.55. The van der Waals surface area contributed by atoms with Crippen molar-refractivity contribution in [3.8, 4) is 5.75 Å². The minimum atomic E-state index is -0.401. The van der Waals surface area contributed by atoms with Gasteiger partial charge in [-0.25, -0.2) is 0 Å². The summed E-state index contributed by atoms with van der Waals surface area (Å²) in [4.78, 5) is 11.5. The third-order valence-corrected chi connectivity index (χ3v) is 2.70. The second kappa shape index (κ2) is 7.01. The number of ether oxygens (including phenoxy) is 1. The Kier molecular flexibility index (Phi) is 5.65. The first-order valence-electron chi connectivity index (χ1n) is 6.17. The average molecular weight is 250 g/mol. The topological polar surface area (TPSA) is 50.4 Å². The highest BCUT2D eigenvalue weighted by Gasteiger charge is 2.25. The molecule has 1 rings (SSSR count). The number of hydrogen-bond acceptors (Lipinski definition) is 3. The maximum absolute atomic E-state index is 11.5. The molecule has 0 spiro atoms. The minimum absolute atomic E-state index is 0.0407. The highest BCUT2D eigenvalue weighted by molar-refractivity contribution is 5.81. The normalized spacial score (nSPS) is 11.1. The van der Waals surface area contributed by atoms with Crippen molar-refractivity contribution < 1.29 is 9.53 Å². The van der Waals surface area contributed by atoms with E-state index >= 15 is 0 Å². The van der Waals surface area contributed by atoms with E-state index in [0.29, 0.717) is 13.2 Å². The van der Waals surface area contributed by atoms with Gasteiger partial charge in [-0.3, -0.25) is 4.79 Å². The molecule has 0 aliphatic carbocycles. The molecule has 4 heteroatoms. The van der Waals surface area contributed by atoms with Crippen molar-refractivity contribution >= 4 is 5.91 Å². The van der Waals surface area contributed by atoms with Crippen LogP contribution < -0.4 is 15.4 Å². The van der Waals surface area contributed by atoms with Crippen LogP contribution in [0, 0.1) is 5.41 Å². The van der Waals surface area contributed by atoms with Crippen molar-refractivity contribution in [2.24, 2.45) is 5.41 Å². The third-order valence-electron chi connectivity index (χ3n) is 2.70. The molecule has 0 fully saturated rings. The molecule has 0 atom stereocenters. The first-order valence-corrected chi connectivity index (χ1v) is 6.17. The van der Waals surface area contributed by atoms with Crippen molar-refractivity contribution in [2.75, 3.05) is 26.7 Å². The lowest BCUT2D eigenvalue weighted by atomic mass is 9.92. The molecule has 0 aliphatic heterocycles. The highest BCUT2D eigenvalue weighted by atomic mass is 16.5. The lowest BCUT2D eigenvalue weighted by Gasteiger charge is -2.22. The Balaban J connectivity index is 2.17. The molecule has 0 heterocycles. The van der Waals surface area contributed by atoms with Crippen LogP contribution in [0.1, 0.15) is 13.8 Å². The van der Waals surface area contributed by atoms with Crippen molar-refractivity contribution in [3.63, 3.8) is 0 Å². The molecule has 0 radical (unpaired) electrons. The van der Waals surface area contributed by atoms with Crippen LogP contribution >= 0.6 is 0 Å². The van der Waals surface area contributed by atoms with Crippen LogP contribution in [0.3, 0.4) is 0 Å². The van der Waals surface area contributed by atoms with Gasteiger partial charge in [0.15, 0.2) is 0 Å². The monoisotopic (exact) mass is 250 g/mol. The maximum Gasteiger partial charge on any atom is 0.226 e. The van der Waals surface area contributed by atoms with Crippen LogP contribution in [0.15, 0.2) is 30.3 Å². The Morgan fingerprint density at radius 1 is 1.28 bits per heavy atom. The van der Waals surface area contributed by atoms with E-state index in [1.807, 2.05) is 44.2 Å². The Labute approximate surface area is 109 Å². The second-order valence-electron chi connectivity index (χ2n) is 4.80. The first kappa shape index (κ1) is 14.5. The molecule has 100 valence electrons. The van der Waals surface area contributed by atoms with E-state index in [-0.39, 0.29) is 5.91 Å². The molecule has 1 aromatic rings. The number of carbonyl (C=O) groups is 1. The Bertz CT molecular complexity index is 363. The van der Waals surface area contributed by atoms with Crippen molar-refractivity contribution in [3.05, 3.63) is 30.3 Å². The molecule has 2 N–H and O–H groups in total. The molecule has 4 nitrogen and oxygen atoms in total. The van der Waals surface area contributed by atoms with Crippen LogP contribution in [0.4, 0.5) is 0 Å². The quantitative estimate of drug-likeness (QED) is 0.720. The van der Waals surface area contributed by atoms with E-state index in [2.05, 4.69) is 10.6 Å². The summed E-state index contributed by atoms with van der Waals surface area (Å²) in [6.45, 7) is 5.77. The van der Waals surface area contributed by atoms with E-state index in [9.17, 15) is 4.79 Å². The van der Waals surface area contributed by atoms with Crippen molar-refractivity contribution in [1.82, 2.24) is 10.6 Å². The lowest BCUT2D eigenvalue weighted by molar-refractivity contribution is -0.128. The van der Waals surface area contributed by atoms with Gasteiger partial charge < -0.3 is 15.4 Å². The summed E-state index contributed by atoms with van der Waals surface area (Å²) in [6, 6.07) is 9.69. The fourth-order valence-corrected chi connectivity index (χ4v) is 1.58. The molecular formula is C14H22N2O2. The van der Waals surface area contributed by atoms with Crippen LogP contribution in [0.2, 0.25) is 0 Å². The molecular weight excluding hydrogens is 228 g/mol. The van der Waals surface area contributed by atoms with Gasteiger partial charge in [-0.15, -0.1) is 0 Å². The van der Waals surface area contributed by atoms with Gasteiger partial charge in [0, 0.05) is 20.1 Å². The average Bonchev–Trinajstić information content (AvgIpc) is 2.38. The molecule has 0 bridgehead atoms. The molecule has 0 unspecified atom stereocenters. The second-order valence-corrected chi connectivity index (χ2v) is 4.80. The molecule has 18 heavy (non-hydrogen) atoms. The smallest absolute Gasteiger partial charge is 0.226 e. The summed E-state index contributed by atoms with van der Waals surface area (Å²) in [5.74, 6) is 0.906. The van der Waals surface area contributed by atoms with E-state index < -0.39 is 5.41 Å². The summed E-state index contributed by atoms with van der Waals surface area (Å²) in [5, 5.41) is 5.89. The molecule has 0 saturated carbocycles. The molecule has 1 aromatic carbocycles. The number of carbonyl (C=O) groups excluding carboxylic acids is 1. The summed E-state index contributed by atoms with van der Waals surface area (Å²) in [7, 11) is 1.66. The summed E-state index contributed by atoms with van der Waals surface area (Å²) in [5.41, 5.74) is -0.401. The van der Waals surface area contributed by atoms with Gasteiger partial charge in [0.2, 0.25) is 5.91 Å². The van der Waals surface area contributed by atoms with Crippen LogP contribution in [0.5, 0.6) is 5.75 Å². The van der Waals surface area contributed by atoms with E-state index in [1.54, 1.807) is 7.05 Å². The fraction of sp³-hybridized carbons (Fsp3) is 0.500. The standard InChI is InChI=1S/C14H22N2O2/c1-14(2,13(17)15-3)11-16-9-10-18-12-7-5-4-6-8-12/h4-8,16H,9-11H2,1-3H3,(H,15,17). The third kappa shape index (κ3) is 4.75. The number of rotatable bonds is 7. The zero-order valence-electron chi connectivity index (χ0n) is 11.3. The van der Waals surface area contributed by atoms with Gasteiger partial charge >= 0.3 is 0 Å². The van der Waals surface area contributed by atoms with Gasteiger partial charge in [-0.05, 0) is 26.0 Å². The summed E-state index contributed by atoms with van der Waals surface area (Å²) >= 11 is 0. The van der Waals surface area contributed by atoms with E-state index in [1.165, 1.54) is 0 Å². The largest absolute Gasteiger partial charge is 0.492 e. The number of nitrogens with one attached hydrogen (secondary N) is 2. The number of amides is 1. The summed E-state index contributed by atoms with van der Waals surface area (Å²) in [6.07, 6.45) is 0. The highest BCUT2D eigenvalue weighted by Crippen LogP contribution is 2.13. The van der Waals surface area contributed by atoms with E-state index in [4.69, 9.17) is 4.74 Å². The number of hydrogen-bond donors (Lipinski definition) is 2. The number of benzene rings is 1.